The third-order valence-electron chi connectivity index (χ3n) is 4.10. The molecule has 0 saturated heterocycles. The summed E-state index contributed by atoms with van der Waals surface area (Å²) < 4.78 is 7.40. The zero-order valence-corrected chi connectivity index (χ0v) is 14.0. The third kappa shape index (κ3) is 3.81. The number of carbonyl (C=O) groups is 1. The van der Waals surface area contributed by atoms with Crippen molar-refractivity contribution < 1.29 is 9.53 Å². The number of aromatic nitrogens is 3. The number of rotatable bonds is 2. The lowest BCUT2D eigenvalue weighted by Gasteiger charge is -2.29. The first-order chi connectivity index (χ1) is 10.9. The first-order valence-corrected chi connectivity index (χ1v) is 8.21. The minimum Gasteiger partial charge on any atom is -0.444 e. The van der Waals surface area contributed by atoms with Gasteiger partial charge in [0.05, 0.1) is 0 Å². The minimum atomic E-state index is -0.471. The van der Waals surface area contributed by atoms with E-state index in [2.05, 4.69) is 15.5 Å². The molecule has 0 aliphatic heterocycles. The van der Waals surface area contributed by atoms with Crippen LogP contribution in [0.15, 0.2) is 24.4 Å². The molecule has 1 saturated carbocycles. The van der Waals surface area contributed by atoms with Gasteiger partial charge in [-0.3, -0.25) is 4.40 Å². The monoisotopic (exact) mass is 316 g/mol. The van der Waals surface area contributed by atoms with Gasteiger partial charge in [0.25, 0.3) is 0 Å². The van der Waals surface area contributed by atoms with Crippen LogP contribution in [-0.4, -0.2) is 32.3 Å². The number of fused-ring (bicyclic) bond motifs is 1. The second-order valence-corrected chi connectivity index (χ2v) is 7.19. The number of alkyl carbamates (subject to hydrolysis) is 1. The fourth-order valence-electron chi connectivity index (χ4n) is 3.17. The summed E-state index contributed by atoms with van der Waals surface area (Å²) in [5, 5.41) is 11.6. The maximum atomic E-state index is 12.0. The molecule has 6 nitrogen and oxygen atoms in total. The number of hydrogen-bond acceptors (Lipinski definition) is 4. The molecule has 1 N–H and O–H groups in total. The molecule has 0 aromatic carbocycles. The number of pyridine rings is 1. The second kappa shape index (κ2) is 6.18. The minimum absolute atomic E-state index is 0.125. The van der Waals surface area contributed by atoms with Gasteiger partial charge in [0.2, 0.25) is 0 Å². The second-order valence-electron chi connectivity index (χ2n) is 7.19. The molecule has 0 spiro atoms. The standard InChI is InChI=1S/C17H24N4O2/c1-17(2,3)23-16(22)18-13-8-6-7-12(11-13)15-20-19-14-9-4-5-10-21(14)15/h4-5,9-10,12-13H,6-8,11H2,1-3H3,(H,18,22)/t12-,13+/m0/s1. The van der Waals surface area contributed by atoms with E-state index in [9.17, 15) is 4.79 Å². The molecular weight excluding hydrogens is 292 g/mol. The van der Waals surface area contributed by atoms with Crippen LogP contribution in [0.3, 0.4) is 0 Å². The summed E-state index contributed by atoms with van der Waals surface area (Å²) in [5.74, 6) is 1.29. The van der Waals surface area contributed by atoms with Gasteiger partial charge in [-0.2, -0.15) is 0 Å². The maximum Gasteiger partial charge on any atom is 0.407 e. The molecule has 0 radical (unpaired) electrons. The predicted molar refractivity (Wildman–Crippen MR) is 87.4 cm³/mol. The Morgan fingerprint density at radius 2 is 2.13 bits per heavy atom. The molecule has 1 fully saturated rings. The van der Waals surface area contributed by atoms with Crippen molar-refractivity contribution in [2.24, 2.45) is 0 Å². The van der Waals surface area contributed by atoms with Crippen molar-refractivity contribution in [3.05, 3.63) is 30.2 Å². The molecule has 0 unspecified atom stereocenters. The van der Waals surface area contributed by atoms with Gasteiger partial charge in [-0.25, -0.2) is 4.79 Å². The van der Waals surface area contributed by atoms with Gasteiger partial charge < -0.3 is 10.1 Å². The summed E-state index contributed by atoms with van der Waals surface area (Å²) in [6.45, 7) is 5.62. The fraction of sp³-hybridized carbons (Fsp3) is 0.588. The summed E-state index contributed by atoms with van der Waals surface area (Å²) in [4.78, 5) is 12.0. The third-order valence-corrected chi connectivity index (χ3v) is 4.10. The highest BCUT2D eigenvalue weighted by molar-refractivity contribution is 5.68. The van der Waals surface area contributed by atoms with Crippen LogP contribution in [0.1, 0.15) is 58.2 Å². The van der Waals surface area contributed by atoms with Gasteiger partial charge >= 0.3 is 6.09 Å². The normalized spacial score (nSPS) is 22.0. The van der Waals surface area contributed by atoms with E-state index in [1.807, 2.05) is 49.6 Å². The van der Waals surface area contributed by atoms with Crippen molar-refractivity contribution >= 4 is 11.7 Å². The molecule has 124 valence electrons. The summed E-state index contributed by atoms with van der Waals surface area (Å²) in [6, 6.07) is 6.02. The molecule has 2 heterocycles. The number of carbonyl (C=O) groups excluding carboxylic acids is 1. The Labute approximate surface area is 136 Å². The molecule has 23 heavy (non-hydrogen) atoms. The lowest BCUT2D eigenvalue weighted by Crippen LogP contribution is -2.41. The van der Waals surface area contributed by atoms with Crippen LogP contribution in [0.25, 0.3) is 5.65 Å². The molecule has 1 amide bonds. The van der Waals surface area contributed by atoms with E-state index in [4.69, 9.17) is 4.74 Å². The van der Waals surface area contributed by atoms with Crippen molar-refractivity contribution in [3.63, 3.8) is 0 Å². The summed E-state index contributed by atoms with van der Waals surface area (Å²) >= 11 is 0. The molecule has 1 aliphatic carbocycles. The Balaban J connectivity index is 1.68. The van der Waals surface area contributed by atoms with Crippen LogP contribution in [0.5, 0.6) is 0 Å². The Bertz CT molecular complexity index is 689. The van der Waals surface area contributed by atoms with Gasteiger partial charge in [0.15, 0.2) is 5.65 Å². The highest BCUT2D eigenvalue weighted by atomic mass is 16.6. The van der Waals surface area contributed by atoms with Crippen LogP contribution in [-0.2, 0) is 4.74 Å². The molecule has 2 aromatic heterocycles. The largest absolute Gasteiger partial charge is 0.444 e. The fourth-order valence-corrected chi connectivity index (χ4v) is 3.17. The number of amides is 1. The van der Waals surface area contributed by atoms with Crippen LogP contribution >= 0.6 is 0 Å². The smallest absolute Gasteiger partial charge is 0.407 e. The van der Waals surface area contributed by atoms with Gasteiger partial charge in [-0.15, -0.1) is 10.2 Å². The SMILES string of the molecule is CC(C)(C)OC(=O)N[C@@H]1CCC[C@H](c2nnc3ccccn23)C1. The zero-order chi connectivity index (χ0) is 16.4. The van der Waals surface area contributed by atoms with Crippen molar-refractivity contribution in [1.29, 1.82) is 0 Å². The van der Waals surface area contributed by atoms with Crippen LogP contribution in [0.4, 0.5) is 4.79 Å². The van der Waals surface area contributed by atoms with E-state index in [-0.39, 0.29) is 12.1 Å². The Kier molecular flexibility index (Phi) is 4.24. The first kappa shape index (κ1) is 15.8. The van der Waals surface area contributed by atoms with Crippen LogP contribution in [0, 0.1) is 0 Å². The number of ether oxygens (including phenoxy) is 1. The maximum absolute atomic E-state index is 12.0. The van der Waals surface area contributed by atoms with Crippen molar-refractivity contribution in [3.8, 4) is 0 Å². The van der Waals surface area contributed by atoms with Gasteiger partial charge in [0.1, 0.15) is 11.4 Å². The van der Waals surface area contributed by atoms with Gasteiger partial charge in [-0.05, 0) is 52.2 Å². The lowest BCUT2D eigenvalue weighted by atomic mass is 9.85. The molecule has 0 bridgehead atoms. The van der Waals surface area contributed by atoms with Crippen molar-refractivity contribution in [1.82, 2.24) is 19.9 Å². The summed E-state index contributed by atoms with van der Waals surface area (Å²) in [7, 11) is 0. The molecule has 3 rings (SSSR count). The molecule has 6 heteroatoms. The molecule has 2 aromatic rings. The summed E-state index contributed by atoms with van der Waals surface area (Å²) in [5.41, 5.74) is 0.395. The van der Waals surface area contributed by atoms with E-state index in [1.165, 1.54) is 0 Å². The predicted octanol–water partition coefficient (Wildman–Crippen LogP) is 3.28. The molecule has 1 aliphatic rings. The average molecular weight is 316 g/mol. The number of nitrogens with zero attached hydrogens (tertiary/aromatic N) is 3. The van der Waals surface area contributed by atoms with Crippen LogP contribution < -0.4 is 5.32 Å². The quantitative estimate of drug-likeness (QED) is 0.923. The van der Waals surface area contributed by atoms with E-state index in [0.29, 0.717) is 5.92 Å². The van der Waals surface area contributed by atoms with Gasteiger partial charge in [0, 0.05) is 18.2 Å². The highest BCUT2D eigenvalue weighted by Crippen LogP contribution is 2.32. The van der Waals surface area contributed by atoms with Crippen LogP contribution in [0.2, 0.25) is 0 Å². The van der Waals surface area contributed by atoms with E-state index in [0.717, 1.165) is 37.2 Å². The summed E-state index contributed by atoms with van der Waals surface area (Å²) in [6.07, 6.45) is 5.64. The van der Waals surface area contributed by atoms with Crippen molar-refractivity contribution in [2.75, 3.05) is 0 Å². The van der Waals surface area contributed by atoms with E-state index < -0.39 is 5.60 Å². The van der Waals surface area contributed by atoms with Crippen molar-refractivity contribution in [2.45, 2.75) is 64.0 Å². The highest BCUT2D eigenvalue weighted by Gasteiger charge is 2.28. The molecule has 2 atom stereocenters. The van der Waals surface area contributed by atoms with E-state index in [1.54, 1.807) is 0 Å². The Morgan fingerprint density at radius 3 is 2.91 bits per heavy atom. The topological polar surface area (TPSA) is 68.5 Å². The number of nitrogens with one attached hydrogen (secondary N) is 1. The Hall–Kier alpha value is -2.11. The van der Waals surface area contributed by atoms with E-state index >= 15 is 0 Å². The van der Waals surface area contributed by atoms with Gasteiger partial charge in [-0.1, -0.05) is 12.5 Å². The molecular formula is C17H24N4O2. The Morgan fingerprint density at radius 1 is 1.30 bits per heavy atom. The first-order valence-electron chi connectivity index (χ1n) is 8.21. The lowest BCUT2D eigenvalue weighted by molar-refractivity contribution is 0.0490. The number of hydrogen-bond donors (Lipinski definition) is 1. The zero-order valence-electron chi connectivity index (χ0n) is 14.0. The average Bonchev–Trinajstić information content (AvgIpc) is 2.89.